The average molecular weight is 281 g/mol. The van der Waals surface area contributed by atoms with Crippen molar-refractivity contribution in [1.29, 1.82) is 5.26 Å². The Morgan fingerprint density at radius 1 is 1.24 bits per heavy atom. The van der Waals surface area contributed by atoms with Gasteiger partial charge < -0.3 is 0 Å². The van der Waals surface area contributed by atoms with E-state index in [1.807, 2.05) is 42.5 Å². The second-order valence-corrected chi connectivity index (χ2v) is 4.45. The number of aryl methyl sites for hydroxylation is 1. The fourth-order valence-corrected chi connectivity index (χ4v) is 1.98. The summed E-state index contributed by atoms with van der Waals surface area (Å²) in [5.74, 6) is 0. The van der Waals surface area contributed by atoms with Crippen molar-refractivity contribution in [3.8, 4) is 6.07 Å². The van der Waals surface area contributed by atoms with Gasteiger partial charge in [0.05, 0.1) is 0 Å². The van der Waals surface area contributed by atoms with Crippen LogP contribution in [-0.4, -0.2) is 9.13 Å². The Morgan fingerprint density at radius 2 is 1.95 bits per heavy atom. The van der Waals surface area contributed by atoms with E-state index in [0.29, 0.717) is 6.54 Å². The zero-order valence-corrected chi connectivity index (χ0v) is 11.7. The van der Waals surface area contributed by atoms with E-state index in [2.05, 4.69) is 0 Å². The Bertz CT molecular complexity index is 808. The number of benzene rings is 1. The lowest BCUT2D eigenvalue weighted by Crippen LogP contribution is -2.40. The Morgan fingerprint density at radius 3 is 2.57 bits per heavy atom. The first-order valence-electron chi connectivity index (χ1n) is 6.63. The highest BCUT2D eigenvalue weighted by molar-refractivity contribution is 5.48. The van der Waals surface area contributed by atoms with Gasteiger partial charge in [-0.25, -0.2) is 4.79 Å². The van der Waals surface area contributed by atoms with E-state index in [9.17, 15) is 9.59 Å². The number of hydrogen-bond donors (Lipinski definition) is 0. The molecule has 0 aliphatic rings. The highest BCUT2D eigenvalue weighted by Crippen LogP contribution is 2.00. The molecule has 0 aliphatic heterocycles. The van der Waals surface area contributed by atoms with Gasteiger partial charge in [-0.15, -0.1) is 0 Å². The molecule has 0 fully saturated rings. The lowest BCUT2D eigenvalue weighted by molar-refractivity contribution is 0.604. The third-order valence-electron chi connectivity index (χ3n) is 3.10. The quantitative estimate of drug-likeness (QED) is 0.855. The van der Waals surface area contributed by atoms with E-state index in [0.717, 1.165) is 10.1 Å². The molecule has 5 nitrogen and oxygen atoms in total. The fourth-order valence-electron chi connectivity index (χ4n) is 1.98. The molecule has 0 atom stereocenters. The van der Waals surface area contributed by atoms with E-state index < -0.39 is 11.2 Å². The predicted octanol–water partition coefficient (Wildman–Crippen LogP) is 1.61. The summed E-state index contributed by atoms with van der Waals surface area (Å²) in [6, 6.07) is 11.4. The second kappa shape index (κ2) is 6.53. The number of rotatable bonds is 4. The molecule has 1 aromatic carbocycles. The van der Waals surface area contributed by atoms with Crippen molar-refractivity contribution >= 4 is 6.08 Å². The van der Waals surface area contributed by atoms with Gasteiger partial charge >= 0.3 is 5.69 Å². The smallest absolute Gasteiger partial charge is 0.299 e. The summed E-state index contributed by atoms with van der Waals surface area (Å²) in [6.45, 7) is 2.34. The van der Waals surface area contributed by atoms with Crippen LogP contribution < -0.4 is 11.2 Å². The molecule has 1 heterocycles. The van der Waals surface area contributed by atoms with Gasteiger partial charge in [-0.3, -0.25) is 13.9 Å². The van der Waals surface area contributed by atoms with Gasteiger partial charge in [0.1, 0.15) is 11.6 Å². The number of allylic oxidation sites excluding steroid dienone is 1. The van der Waals surface area contributed by atoms with E-state index in [1.54, 1.807) is 13.0 Å². The van der Waals surface area contributed by atoms with Crippen molar-refractivity contribution in [2.75, 3.05) is 0 Å². The third-order valence-corrected chi connectivity index (χ3v) is 3.10. The summed E-state index contributed by atoms with van der Waals surface area (Å²) in [4.78, 5) is 24.1. The van der Waals surface area contributed by atoms with Crippen molar-refractivity contribution in [2.24, 2.45) is 0 Å². The lowest BCUT2D eigenvalue weighted by Gasteiger charge is -2.07. The summed E-state index contributed by atoms with van der Waals surface area (Å²) in [7, 11) is 0. The molecule has 0 saturated carbocycles. The van der Waals surface area contributed by atoms with Crippen LogP contribution in [0.3, 0.4) is 0 Å². The van der Waals surface area contributed by atoms with Crippen molar-refractivity contribution in [1.82, 2.24) is 9.13 Å². The van der Waals surface area contributed by atoms with E-state index in [1.165, 1.54) is 10.8 Å². The Kier molecular flexibility index (Phi) is 4.52. The van der Waals surface area contributed by atoms with Crippen LogP contribution in [0.15, 0.2) is 52.2 Å². The normalized spacial score (nSPS) is 10.7. The number of aromatic nitrogens is 2. The number of nitrogens with zero attached hydrogens (tertiary/aromatic N) is 3. The van der Waals surface area contributed by atoms with Crippen molar-refractivity contribution in [2.45, 2.75) is 20.0 Å². The van der Waals surface area contributed by atoms with Crippen molar-refractivity contribution in [3.63, 3.8) is 0 Å². The molecule has 0 radical (unpaired) electrons. The van der Waals surface area contributed by atoms with Crippen LogP contribution >= 0.6 is 0 Å². The lowest BCUT2D eigenvalue weighted by atomic mass is 10.2. The Balaban J connectivity index is 2.36. The van der Waals surface area contributed by atoms with Gasteiger partial charge in [0, 0.05) is 19.3 Å². The summed E-state index contributed by atoms with van der Waals surface area (Å²) in [5, 5.41) is 8.96. The molecule has 0 N–H and O–H groups in total. The van der Waals surface area contributed by atoms with Crippen molar-refractivity contribution in [3.05, 3.63) is 74.6 Å². The predicted molar refractivity (Wildman–Crippen MR) is 80.8 cm³/mol. The van der Waals surface area contributed by atoms with Crippen molar-refractivity contribution < 1.29 is 0 Å². The van der Waals surface area contributed by atoms with Crippen LogP contribution in [-0.2, 0) is 13.1 Å². The monoisotopic (exact) mass is 281 g/mol. The van der Waals surface area contributed by atoms with E-state index in [-0.39, 0.29) is 12.1 Å². The molecule has 0 bridgehead atoms. The van der Waals surface area contributed by atoms with Crippen LogP contribution in [0.5, 0.6) is 0 Å². The van der Waals surface area contributed by atoms with E-state index in [4.69, 9.17) is 5.26 Å². The van der Waals surface area contributed by atoms with Crippen LogP contribution in [0.4, 0.5) is 0 Å². The molecule has 21 heavy (non-hydrogen) atoms. The first-order chi connectivity index (χ1) is 10.2. The first kappa shape index (κ1) is 14.5. The van der Waals surface area contributed by atoms with Gasteiger partial charge in [0.15, 0.2) is 0 Å². The molecule has 2 rings (SSSR count). The highest BCUT2D eigenvalue weighted by atomic mass is 16.2. The minimum atomic E-state index is -0.551. The van der Waals surface area contributed by atoms with E-state index >= 15 is 0 Å². The maximum atomic E-state index is 12.1. The minimum Gasteiger partial charge on any atom is -0.299 e. The molecule has 0 saturated heterocycles. The third kappa shape index (κ3) is 3.18. The van der Waals surface area contributed by atoms with Gasteiger partial charge in [-0.1, -0.05) is 42.5 Å². The zero-order chi connectivity index (χ0) is 15.2. The Labute approximate surface area is 122 Å². The average Bonchev–Trinajstić information content (AvgIpc) is 2.52. The summed E-state index contributed by atoms with van der Waals surface area (Å²) < 4.78 is 2.43. The van der Waals surface area contributed by atoms with Gasteiger partial charge in [-0.2, -0.15) is 5.26 Å². The van der Waals surface area contributed by atoms with Crippen LogP contribution in [0.25, 0.3) is 6.08 Å². The van der Waals surface area contributed by atoms with Crippen LogP contribution in [0.2, 0.25) is 0 Å². The molecule has 0 amide bonds. The highest BCUT2D eigenvalue weighted by Gasteiger charge is 2.08. The summed E-state index contributed by atoms with van der Waals surface area (Å²) >= 11 is 0. The molecule has 106 valence electrons. The van der Waals surface area contributed by atoms with Gasteiger partial charge in [0.2, 0.25) is 0 Å². The molecular formula is C16H15N3O2. The number of nitriles is 1. The fraction of sp³-hybridized carbons (Fsp3) is 0.188. The zero-order valence-electron chi connectivity index (χ0n) is 11.7. The first-order valence-corrected chi connectivity index (χ1v) is 6.63. The molecule has 1 aromatic heterocycles. The van der Waals surface area contributed by atoms with Gasteiger partial charge in [-0.05, 0) is 12.5 Å². The topological polar surface area (TPSA) is 67.8 Å². The SMILES string of the molecule is CCn1cc(C#N)c(=O)n(CC=Cc2ccccc2)c1=O. The standard InChI is InChI=1S/C16H15N3O2/c1-2-18-12-14(11-17)15(20)19(16(18)21)10-6-9-13-7-4-3-5-8-13/h3-9,12H,2,10H2,1H3. The summed E-state index contributed by atoms with van der Waals surface area (Å²) in [5.41, 5.74) is 0.00601. The van der Waals surface area contributed by atoms with Gasteiger partial charge in [0.25, 0.3) is 5.56 Å². The number of hydrogen-bond acceptors (Lipinski definition) is 3. The molecule has 0 unspecified atom stereocenters. The minimum absolute atomic E-state index is 0.0236. The Hall–Kier alpha value is -2.87. The molecular weight excluding hydrogens is 266 g/mol. The molecule has 0 aliphatic carbocycles. The van der Waals surface area contributed by atoms with Crippen LogP contribution in [0, 0.1) is 11.3 Å². The maximum absolute atomic E-state index is 12.1. The second-order valence-electron chi connectivity index (χ2n) is 4.45. The largest absolute Gasteiger partial charge is 0.331 e. The molecule has 5 heteroatoms. The van der Waals surface area contributed by atoms with Crippen LogP contribution in [0.1, 0.15) is 18.1 Å². The summed E-state index contributed by atoms with van der Waals surface area (Å²) in [6.07, 6.45) is 4.88. The molecule has 2 aromatic rings. The molecule has 0 spiro atoms. The maximum Gasteiger partial charge on any atom is 0.331 e.